The minimum atomic E-state index is -0.465. The summed E-state index contributed by atoms with van der Waals surface area (Å²) in [7, 11) is 0. The Morgan fingerprint density at radius 1 is 1.33 bits per heavy atom. The molecule has 0 fully saturated rings. The predicted molar refractivity (Wildman–Crippen MR) is 76.4 cm³/mol. The standard InChI is InChI=1S/C15H30N2O/c1-6-9-17-15(5,12-16)11-14(4)18-10-7-8-13(2)3/h13-14,17H,6-11H2,1-5H3. The molecule has 0 heterocycles. The molecule has 0 amide bonds. The van der Waals surface area contributed by atoms with E-state index in [1.54, 1.807) is 0 Å². The van der Waals surface area contributed by atoms with Crippen molar-refractivity contribution < 1.29 is 4.74 Å². The van der Waals surface area contributed by atoms with Gasteiger partial charge < -0.3 is 4.74 Å². The second-order valence-electron chi connectivity index (χ2n) is 5.79. The molecule has 0 saturated carbocycles. The van der Waals surface area contributed by atoms with Gasteiger partial charge >= 0.3 is 0 Å². The van der Waals surface area contributed by atoms with Crippen molar-refractivity contribution in [2.75, 3.05) is 13.2 Å². The maximum Gasteiger partial charge on any atom is 0.106 e. The van der Waals surface area contributed by atoms with Crippen molar-refractivity contribution >= 4 is 0 Å². The quantitative estimate of drug-likeness (QED) is 0.607. The minimum absolute atomic E-state index is 0.131. The maximum atomic E-state index is 9.24. The Morgan fingerprint density at radius 2 is 2.00 bits per heavy atom. The molecule has 2 unspecified atom stereocenters. The Balaban J connectivity index is 3.89. The first-order valence-corrected chi connectivity index (χ1v) is 7.21. The number of ether oxygens (including phenoxy) is 1. The van der Waals surface area contributed by atoms with Gasteiger partial charge in [-0.05, 0) is 45.6 Å². The van der Waals surface area contributed by atoms with E-state index in [-0.39, 0.29) is 6.10 Å². The molecular formula is C15H30N2O. The van der Waals surface area contributed by atoms with Crippen molar-refractivity contribution in [3.05, 3.63) is 0 Å². The molecule has 0 aromatic rings. The van der Waals surface area contributed by atoms with Gasteiger partial charge in [0.15, 0.2) is 0 Å². The largest absolute Gasteiger partial charge is 0.378 e. The second kappa shape index (κ2) is 9.35. The molecule has 18 heavy (non-hydrogen) atoms. The second-order valence-corrected chi connectivity index (χ2v) is 5.79. The van der Waals surface area contributed by atoms with Gasteiger partial charge in [-0.2, -0.15) is 5.26 Å². The molecule has 0 aliphatic carbocycles. The van der Waals surface area contributed by atoms with Gasteiger partial charge in [-0.15, -0.1) is 0 Å². The van der Waals surface area contributed by atoms with Crippen LogP contribution in [0.25, 0.3) is 0 Å². The smallest absolute Gasteiger partial charge is 0.106 e. The lowest BCUT2D eigenvalue weighted by Gasteiger charge is -2.26. The van der Waals surface area contributed by atoms with Gasteiger partial charge in [-0.1, -0.05) is 20.8 Å². The van der Waals surface area contributed by atoms with E-state index in [4.69, 9.17) is 4.74 Å². The summed E-state index contributed by atoms with van der Waals surface area (Å²) in [6.07, 6.45) is 4.22. The number of hydrogen-bond acceptors (Lipinski definition) is 3. The Kier molecular flexibility index (Phi) is 9.05. The SMILES string of the molecule is CCCNC(C)(C#N)CC(C)OCCCC(C)C. The van der Waals surface area contributed by atoms with Gasteiger partial charge in [0, 0.05) is 13.0 Å². The van der Waals surface area contributed by atoms with Crippen LogP contribution in [0.3, 0.4) is 0 Å². The zero-order valence-electron chi connectivity index (χ0n) is 12.8. The summed E-state index contributed by atoms with van der Waals surface area (Å²) in [5.41, 5.74) is -0.465. The van der Waals surface area contributed by atoms with Crippen LogP contribution in [0.15, 0.2) is 0 Å². The van der Waals surface area contributed by atoms with Crippen molar-refractivity contribution in [2.24, 2.45) is 5.92 Å². The number of nitrogens with zero attached hydrogens (tertiary/aromatic N) is 1. The Labute approximate surface area is 113 Å². The van der Waals surface area contributed by atoms with Gasteiger partial charge in [0.1, 0.15) is 5.54 Å². The minimum Gasteiger partial charge on any atom is -0.378 e. The van der Waals surface area contributed by atoms with Crippen LogP contribution >= 0.6 is 0 Å². The molecule has 0 aromatic carbocycles. The third kappa shape index (κ3) is 8.49. The summed E-state index contributed by atoms with van der Waals surface area (Å²) >= 11 is 0. The first-order valence-electron chi connectivity index (χ1n) is 7.21. The third-order valence-corrected chi connectivity index (χ3v) is 3.04. The highest BCUT2D eigenvalue weighted by molar-refractivity contribution is 5.04. The third-order valence-electron chi connectivity index (χ3n) is 3.04. The molecule has 0 rings (SSSR count). The van der Waals surface area contributed by atoms with Crippen molar-refractivity contribution in [2.45, 2.75) is 71.9 Å². The number of nitrogens with one attached hydrogen (secondary N) is 1. The van der Waals surface area contributed by atoms with Gasteiger partial charge in [0.05, 0.1) is 12.2 Å². The van der Waals surface area contributed by atoms with Crippen LogP contribution in [0.4, 0.5) is 0 Å². The highest BCUT2D eigenvalue weighted by Gasteiger charge is 2.25. The number of rotatable bonds is 10. The fourth-order valence-electron chi connectivity index (χ4n) is 1.97. The van der Waals surface area contributed by atoms with Crippen LogP contribution in [0.5, 0.6) is 0 Å². The monoisotopic (exact) mass is 254 g/mol. The molecule has 0 spiro atoms. The van der Waals surface area contributed by atoms with Gasteiger partial charge in [-0.3, -0.25) is 5.32 Å². The lowest BCUT2D eigenvalue weighted by Crippen LogP contribution is -2.44. The normalized spacial score (nSPS) is 16.3. The Hall–Kier alpha value is -0.590. The summed E-state index contributed by atoms with van der Waals surface area (Å²) < 4.78 is 5.78. The summed E-state index contributed by atoms with van der Waals surface area (Å²) in [5, 5.41) is 12.5. The van der Waals surface area contributed by atoms with Crippen molar-refractivity contribution in [1.29, 1.82) is 5.26 Å². The average Bonchev–Trinajstić information content (AvgIpc) is 2.32. The lowest BCUT2D eigenvalue weighted by atomic mass is 9.96. The van der Waals surface area contributed by atoms with E-state index < -0.39 is 5.54 Å². The van der Waals surface area contributed by atoms with E-state index in [0.29, 0.717) is 0 Å². The topological polar surface area (TPSA) is 45.0 Å². The van der Waals surface area contributed by atoms with Crippen LogP contribution in [0.1, 0.15) is 60.3 Å². The molecule has 0 saturated heterocycles. The van der Waals surface area contributed by atoms with Crippen LogP contribution in [-0.4, -0.2) is 24.8 Å². The molecule has 0 aliphatic heterocycles. The summed E-state index contributed by atoms with van der Waals surface area (Å²) in [4.78, 5) is 0. The lowest BCUT2D eigenvalue weighted by molar-refractivity contribution is 0.0441. The fraction of sp³-hybridized carbons (Fsp3) is 0.933. The summed E-state index contributed by atoms with van der Waals surface area (Å²) in [6.45, 7) is 12.3. The maximum absolute atomic E-state index is 9.24. The van der Waals surface area contributed by atoms with E-state index in [1.165, 1.54) is 6.42 Å². The molecular weight excluding hydrogens is 224 g/mol. The fourth-order valence-corrected chi connectivity index (χ4v) is 1.97. The molecule has 0 radical (unpaired) electrons. The molecule has 1 N–H and O–H groups in total. The zero-order valence-corrected chi connectivity index (χ0v) is 12.8. The highest BCUT2D eigenvalue weighted by atomic mass is 16.5. The van der Waals surface area contributed by atoms with Crippen LogP contribution in [-0.2, 0) is 4.74 Å². The molecule has 2 atom stereocenters. The molecule has 0 aromatic heterocycles. The summed E-state index contributed by atoms with van der Waals surface area (Å²) in [5.74, 6) is 0.736. The van der Waals surface area contributed by atoms with Crippen LogP contribution < -0.4 is 5.32 Å². The molecule has 0 bridgehead atoms. The van der Waals surface area contributed by atoms with E-state index in [9.17, 15) is 5.26 Å². The molecule has 106 valence electrons. The van der Waals surface area contributed by atoms with Crippen LogP contribution in [0.2, 0.25) is 0 Å². The number of nitriles is 1. The van der Waals surface area contributed by atoms with Crippen molar-refractivity contribution in [3.63, 3.8) is 0 Å². The highest BCUT2D eigenvalue weighted by Crippen LogP contribution is 2.14. The number of hydrogen-bond donors (Lipinski definition) is 1. The first kappa shape index (κ1) is 17.4. The van der Waals surface area contributed by atoms with E-state index in [0.717, 1.165) is 38.3 Å². The first-order chi connectivity index (χ1) is 8.43. The molecule has 3 heteroatoms. The molecule has 3 nitrogen and oxygen atoms in total. The van der Waals surface area contributed by atoms with E-state index in [1.807, 2.05) is 6.92 Å². The van der Waals surface area contributed by atoms with Crippen molar-refractivity contribution in [3.8, 4) is 6.07 Å². The van der Waals surface area contributed by atoms with Crippen LogP contribution in [0, 0.1) is 17.2 Å². The van der Waals surface area contributed by atoms with Gasteiger partial charge in [0.25, 0.3) is 0 Å². The Morgan fingerprint density at radius 3 is 2.50 bits per heavy atom. The average molecular weight is 254 g/mol. The summed E-state index contributed by atoms with van der Waals surface area (Å²) in [6, 6.07) is 2.36. The zero-order chi connectivity index (χ0) is 14.0. The van der Waals surface area contributed by atoms with Crippen molar-refractivity contribution in [1.82, 2.24) is 5.32 Å². The van der Waals surface area contributed by atoms with Gasteiger partial charge in [0.2, 0.25) is 0 Å². The van der Waals surface area contributed by atoms with E-state index >= 15 is 0 Å². The Bertz CT molecular complexity index is 247. The predicted octanol–water partition coefficient (Wildman–Crippen LogP) is 3.50. The molecule has 0 aliphatic rings. The van der Waals surface area contributed by atoms with E-state index in [2.05, 4.69) is 39.1 Å². The van der Waals surface area contributed by atoms with Gasteiger partial charge in [-0.25, -0.2) is 0 Å².